The van der Waals surface area contributed by atoms with Crippen LogP contribution >= 0.6 is 0 Å². The van der Waals surface area contributed by atoms with E-state index in [0.717, 1.165) is 11.2 Å². The number of ketones is 1. The summed E-state index contributed by atoms with van der Waals surface area (Å²) in [7, 11) is -3.93. The summed E-state index contributed by atoms with van der Waals surface area (Å²) in [5.74, 6) is -0.609. The van der Waals surface area contributed by atoms with Crippen LogP contribution in [0.3, 0.4) is 0 Å². The predicted octanol–water partition coefficient (Wildman–Crippen LogP) is 4.09. The van der Waals surface area contributed by atoms with Gasteiger partial charge in [0.1, 0.15) is 6.04 Å². The molecule has 0 saturated heterocycles. The topological polar surface area (TPSA) is 93.4 Å². The molecule has 5 aromatic rings. The quantitative estimate of drug-likeness (QED) is 0.215. The summed E-state index contributed by atoms with van der Waals surface area (Å²) in [6.07, 6.45) is 0. The SMILES string of the molecule is CC(NS(=O)(=O)c1ccccc1)C(=O)Oc1c2ccccc2[n+]2c3c(cccc13)C(=O)c1ccccc1-2. The minimum Gasteiger partial charge on any atom is -0.424 e. The van der Waals surface area contributed by atoms with Gasteiger partial charge in [-0.25, -0.2) is 13.2 Å². The number of sulfonamides is 1. The number of nitrogens with zero attached hydrogens (tertiary/aromatic N) is 1. The molecule has 0 amide bonds. The van der Waals surface area contributed by atoms with Gasteiger partial charge in [-0.05, 0) is 43.3 Å². The Morgan fingerprint density at radius 1 is 0.811 bits per heavy atom. The molecule has 1 N–H and O–H groups in total. The highest BCUT2D eigenvalue weighted by atomic mass is 32.2. The number of nitrogens with one attached hydrogen (secondary N) is 1. The van der Waals surface area contributed by atoms with Crippen molar-refractivity contribution in [2.24, 2.45) is 0 Å². The van der Waals surface area contributed by atoms with Crippen LogP contribution in [0.1, 0.15) is 22.8 Å². The van der Waals surface area contributed by atoms with Crippen molar-refractivity contribution in [2.75, 3.05) is 0 Å². The van der Waals surface area contributed by atoms with Gasteiger partial charge < -0.3 is 4.74 Å². The lowest BCUT2D eigenvalue weighted by Gasteiger charge is -2.19. The minimum atomic E-state index is -3.93. The molecular formula is C29H21N2O5S+. The first-order valence-corrected chi connectivity index (χ1v) is 13.2. The molecule has 1 aliphatic rings. The van der Waals surface area contributed by atoms with Crippen molar-refractivity contribution in [3.05, 3.63) is 108 Å². The number of hydrogen-bond donors (Lipinski definition) is 1. The number of para-hydroxylation sites is 3. The summed E-state index contributed by atoms with van der Waals surface area (Å²) in [6.45, 7) is 1.44. The van der Waals surface area contributed by atoms with Crippen LogP contribution in [-0.2, 0) is 14.8 Å². The maximum Gasteiger partial charge on any atom is 0.329 e. The number of carbonyl (C=O) groups is 2. The largest absolute Gasteiger partial charge is 0.424 e. The van der Waals surface area contributed by atoms with Gasteiger partial charge in [-0.2, -0.15) is 9.29 Å². The maximum atomic E-state index is 13.4. The van der Waals surface area contributed by atoms with E-state index in [4.69, 9.17) is 4.74 Å². The summed E-state index contributed by atoms with van der Waals surface area (Å²) in [6, 6.07) is 26.8. The van der Waals surface area contributed by atoms with Crippen LogP contribution in [-0.4, -0.2) is 26.2 Å². The first-order valence-electron chi connectivity index (χ1n) is 11.7. The number of benzene rings is 4. The zero-order valence-corrected chi connectivity index (χ0v) is 20.5. The van der Waals surface area contributed by atoms with Gasteiger partial charge in [-0.15, -0.1) is 0 Å². The zero-order chi connectivity index (χ0) is 25.7. The number of pyridine rings is 1. The van der Waals surface area contributed by atoms with E-state index in [0.29, 0.717) is 27.4 Å². The standard InChI is InChI=1S/C29H21N2O5S/c1-18(30-37(34,35)19-10-3-2-4-11-19)29(33)36-28-21-13-6-8-17-25(21)31-24-16-7-5-12-20(24)27(32)22-14-9-15-23(28)26(22)31/h2-18,30H,1H3/q+1. The number of rotatable bonds is 5. The van der Waals surface area contributed by atoms with Crippen LogP contribution in [0.15, 0.2) is 102 Å². The Balaban J connectivity index is 1.49. The molecule has 0 radical (unpaired) electrons. The Bertz CT molecular complexity index is 1850. The number of esters is 1. The Labute approximate surface area is 213 Å². The highest BCUT2D eigenvalue weighted by Gasteiger charge is 2.36. The summed E-state index contributed by atoms with van der Waals surface area (Å²) >= 11 is 0. The fourth-order valence-corrected chi connectivity index (χ4v) is 5.99. The second-order valence-corrected chi connectivity index (χ2v) is 10.5. The molecule has 1 aliphatic heterocycles. The van der Waals surface area contributed by atoms with E-state index in [1.807, 2.05) is 47.0 Å². The van der Waals surface area contributed by atoms with Crippen molar-refractivity contribution in [3.63, 3.8) is 0 Å². The molecule has 7 nitrogen and oxygen atoms in total. The molecule has 0 spiro atoms. The maximum absolute atomic E-state index is 13.4. The van der Waals surface area contributed by atoms with Crippen molar-refractivity contribution < 1.29 is 27.3 Å². The fraction of sp³-hybridized carbons (Fsp3) is 0.0690. The third-order valence-corrected chi connectivity index (χ3v) is 8.03. The first kappa shape index (κ1) is 23.0. The molecule has 4 aromatic carbocycles. The molecule has 8 heteroatoms. The molecule has 1 aromatic heterocycles. The molecule has 0 fully saturated rings. The van der Waals surface area contributed by atoms with Crippen molar-refractivity contribution in [3.8, 4) is 11.4 Å². The van der Waals surface area contributed by atoms with Crippen molar-refractivity contribution in [1.29, 1.82) is 0 Å². The molecule has 0 aliphatic carbocycles. The average Bonchev–Trinajstić information content (AvgIpc) is 2.92. The summed E-state index contributed by atoms with van der Waals surface area (Å²) in [5, 5.41) is 1.23. The molecule has 37 heavy (non-hydrogen) atoms. The molecule has 1 atom stereocenters. The number of hydrogen-bond acceptors (Lipinski definition) is 5. The van der Waals surface area contributed by atoms with E-state index in [9.17, 15) is 18.0 Å². The van der Waals surface area contributed by atoms with Gasteiger partial charge in [0.05, 0.1) is 26.8 Å². The predicted molar refractivity (Wildman–Crippen MR) is 138 cm³/mol. The van der Waals surface area contributed by atoms with Crippen LogP contribution in [0.5, 0.6) is 5.75 Å². The molecule has 0 saturated carbocycles. The van der Waals surface area contributed by atoms with Crippen molar-refractivity contribution in [1.82, 2.24) is 4.72 Å². The lowest BCUT2D eigenvalue weighted by Crippen LogP contribution is -2.41. The van der Waals surface area contributed by atoms with Crippen LogP contribution < -0.4 is 14.0 Å². The Hall–Kier alpha value is -4.40. The monoisotopic (exact) mass is 509 g/mol. The van der Waals surface area contributed by atoms with Gasteiger partial charge in [-0.3, -0.25) is 4.79 Å². The van der Waals surface area contributed by atoms with E-state index in [2.05, 4.69) is 4.72 Å². The minimum absolute atomic E-state index is 0.0512. The normalized spacial score (nSPS) is 13.4. The second-order valence-electron chi connectivity index (χ2n) is 8.81. The Morgan fingerprint density at radius 3 is 2.27 bits per heavy atom. The number of ether oxygens (including phenoxy) is 1. The average molecular weight is 510 g/mol. The lowest BCUT2D eigenvalue weighted by atomic mass is 9.93. The number of aromatic nitrogens is 1. The Morgan fingerprint density at radius 2 is 1.46 bits per heavy atom. The molecule has 2 heterocycles. The zero-order valence-electron chi connectivity index (χ0n) is 19.7. The summed E-state index contributed by atoms with van der Waals surface area (Å²) < 4.78 is 35.8. The molecule has 0 bridgehead atoms. The molecule has 6 rings (SSSR count). The molecule has 1 unspecified atom stereocenters. The summed E-state index contributed by atoms with van der Waals surface area (Å²) in [4.78, 5) is 26.6. The van der Waals surface area contributed by atoms with Gasteiger partial charge >= 0.3 is 5.97 Å². The van der Waals surface area contributed by atoms with Gasteiger partial charge in [0.2, 0.25) is 32.5 Å². The highest BCUT2D eigenvalue weighted by molar-refractivity contribution is 7.89. The molecular weight excluding hydrogens is 488 g/mol. The van der Waals surface area contributed by atoms with E-state index in [1.54, 1.807) is 42.5 Å². The van der Waals surface area contributed by atoms with E-state index in [1.165, 1.54) is 19.1 Å². The number of carbonyl (C=O) groups excluding carboxylic acids is 2. The van der Waals surface area contributed by atoms with E-state index < -0.39 is 22.0 Å². The third-order valence-electron chi connectivity index (χ3n) is 6.47. The fourth-order valence-electron chi connectivity index (χ4n) is 4.78. The third kappa shape index (κ3) is 3.69. The second kappa shape index (κ2) is 8.62. The first-order chi connectivity index (χ1) is 17.9. The van der Waals surface area contributed by atoms with Crippen LogP contribution in [0.4, 0.5) is 0 Å². The van der Waals surface area contributed by atoms with Crippen LogP contribution in [0.25, 0.3) is 27.5 Å². The van der Waals surface area contributed by atoms with Crippen LogP contribution in [0.2, 0.25) is 0 Å². The number of fused-ring (bicyclic) bond motifs is 4. The van der Waals surface area contributed by atoms with Crippen LogP contribution in [0, 0.1) is 0 Å². The van der Waals surface area contributed by atoms with Gasteiger partial charge in [0.15, 0.2) is 5.75 Å². The van der Waals surface area contributed by atoms with Crippen molar-refractivity contribution >= 4 is 43.6 Å². The van der Waals surface area contributed by atoms with Crippen molar-refractivity contribution in [2.45, 2.75) is 17.9 Å². The van der Waals surface area contributed by atoms with Gasteiger partial charge in [0, 0.05) is 12.1 Å². The van der Waals surface area contributed by atoms with E-state index in [-0.39, 0.29) is 16.4 Å². The summed E-state index contributed by atoms with van der Waals surface area (Å²) in [5.41, 5.74) is 3.21. The lowest BCUT2D eigenvalue weighted by molar-refractivity contribution is -0.539. The Kier molecular flexibility index (Phi) is 5.36. The highest BCUT2D eigenvalue weighted by Crippen LogP contribution is 2.37. The smallest absolute Gasteiger partial charge is 0.329 e. The van der Waals surface area contributed by atoms with E-state index >= 15 is 0 Å². The van der Waals surface area contributed by atoms with Gasteiger partial charge in [-0.1, -0.05) is 48.5 Å². The molecule has 182 valence electrons. The van der Waals surface area contributed by atoms with Gasteiger partial charge in [0.25, 0.3) is 0 Å².